The Balaban J connectivity index is 1.90. The number of hydrogen-bond acceptors (Lipinski definition) is 6. The molecule has 0 aliphatic rings. The quantitative estimate of drug-likeness (QED) is 0.561. The summed E-state index contributed by atoms with van der Waals surface area (Å²) in [6.45, 7) is 3.52. The van der Waals surface area contributed by atoms with Crippen LogP contribution in [0.3, 0.4) is 0 Å². The first-order valence-corrected chi connectivity index (χ1v) is 12.2. The van der Waals surface area contributed by atoms with E-state index >= 15 is 0 Å². The molecular formula is C20H21ClN4O3S2. The molecule has 3 rings (SSSR count). The number of nitrogens with one attached hydrogen (secondary N) is 1. The van der Waals surface area contributed by atoms with Crippen molar-refractivity contribution in [3.63, 3.8) is 0 Å². The van der Waals surface area contributed by atoms with Crippen LogP contribution in [0.4, 0.5) is 10.8 Å². The lowest BCUT2D eigenvalue weighted by molar-refractivity contribution is -0.117. The Hall–Kier alpha value is -2.49. The number of hydrogen-bond donors (Lipinski definition) is 1. The van der Waals surface area contributed by atoms with Crippen molar-refractivity contribution >= 4 is 49.7 Å². The van der Waals surface area contributed by atoms with E-state index in [2.05, 4.69) is 15.5 Å². The zero-order chi connectivity index (χ0) is 21.9. The monoisotopic (exact) mass is 464 g/mol. The molecule has 0 fully saturated rings. The largest absolute Gasteiger partial charge is 0.299 e. The molecule has 1 atom stereocenters. The van der Waals surface area contributed by atoms with Crippen molar-refractivity contribution in [2.75, 3.05) is 15.9 Å². The SMILES string of the molecule is CC[C@H](C(=O)Nc1nnc(-c2ccccc2)s1)N(c1cc(Cl)ccc1C)S(C)(=O)=O. The summed E-state index contributed by atoms with van der Waals surface area (Å²) in [5.74, 6) is -0.488. The maximum atomic E-state index is 13.0. The highest BCUT2D eigenvalue weighted by Gasteiger charge is 2.33. The zero-order valence-electron chi connectivity index (χ0n) is 16.7. The molecule has 1 amide bonds. The van der Waals surface area contributed by atoms with Gasteiger partial charge in [0.15, 0.2) is 0 Å². The van der Waals surface area contributed by atoms with Crippen LogP contribution < -0.4 is 9.62 Å². The number of sulfonamides is 1. The molecule has 0 saturated carbocycles. The smallest absolute Gasteiger partial charge is 0.250 e. The van der Waals surface area contributed by atoms with Crippen LogP contribution in [-0.4, -0.2) is 36.8 Å². The van der Waals surface area contributed by atoms with Gasteiger partial charge in [0.2, 0.25) is 21.1 Å². The van der Waals surface area contributed by atoms with Crippen molar-refractivity contribution < 1.29 is 13.2 Å². The van der Waals surface area contributed by atoms with Crippen LogP contribution >= 0.6 is 22.9 Å². The molecule has 0 bridgehead atoms. The lowest BCUT2D eigenvalue weighted by Gasteiger charge is -2.31. The van der Waals surface area contributed by atoms with Gasteiger partial charge in [-0.15, -0.1) is 10.2 Å². The molecule has 0 unspecified atom stereocenters. The Labute approximate surface area is 184 Å². The summed E-state index contributed by atoms with van der Waals surface area (Å²) in [6, 6.07) is 13.4. The summed E-state index contributed by atoms with van der Waals surface area (Å²) in [5, 5.41) is 12.2. The van der Waals surface area contributed by atoms with Crippen molar-refractivity contribution in [1.29, 1.82) is 0 Å². The van der Waals surface area contributed by atoms with Crippen LogP contribution in [0.1, 0.15) is 18.9 Å². The second-order valence-corrected chi connectivity index (χ2v) is 9.95. The first kappa shape index (κ1) is 22.2. The first-order valence-electron chi connectivity index (χ1n) is 9.16. The normalized spacial score (nSPS) is 12.4. The second-order valence-electron chi connectivity index (χ2n) is 6.68. The average molecular weight is 465 g/mol. The third-order valence-electron chi connectivity index (χ3n) is 4.41. The van der Waals surface area contributed by atoms with Crippen LogP contribution in [0, 0.1) is 6.92 Å². The molecule has 0 aliphatic carbocycles. The van der Waals surface area contributed by atoms with E-state index in [9.17, 15) is 13.2 Å². The number of carbonyl (C=O) groups excluding carboxylic acids is 1. The predicted molar refractivity (Wildman–Crippen MR) is 122 cm³/mol. The van der Waals surface area contributed by atoms with Crippen LogP contribution in [-0.2, 0) is 14.8 Å². The van der Waals surface area contributed by atoms with Crippen LogP contribution in [0.25, 0.3) is 10.6 Å². The predicted octanol–water partition coefficient (Wildman–Crippen LogP) is 4.35. The molecule has 1 N–H and O–H groups in total. The van der Waals surface area contributed by atoms with Gasteiger partial charge in [0.05, 0.1) is 11.9 Å². The minimum absolute atomic E-state index is 0.259. The Morgan fingerprint density at radius 3 is 2.53 bits per heavy atom. The van der Waals surface area contributed by atoms with Gasteiger partial charge in [-0.2, -0.15) is 0 Å². The number of nitrogens with zero attached hydrogens (tertiary/aromatic N) is 3. The lowest BCUT2D eigenvalue weighted by Crippen LogP contribution is -2.47. The van der Waals surface area contributed by atoms with E-state index in [0.717, 1.165) is 16.1 Å². The van der Waals surface area contributed by atoms with E-state index in [1.54, 1.807) is 32.0 Å². The van der Waals surface area contributed by atoms with Crippen molar-refractivity contribution in [2.24, 2.45) is 0 Å². The molecule has 10 heteroatoms. The molecule has 158 valence electrons. The van der Waals surface area contributed by atoms with E-state index < -0.39 is 22.0 Å². The second kappa shape index (κ2) is 9.11. The van der Waals surface area contributed by atoms with E-state index in [0.29, 0.717) is 26.4 Å². The Kier molecular flexibility index (Phi) is 6.74. The third-order valence-corrected chi connectivity index (χ3v) is 6.70. The van der Waals surface area contributed by atoms with Crippen LogP contribution in [0.5, 0.6) is 0 Å². The summed E-state index contributed by atoms with van der Waals surface area (Å²) >= 11 is 7.31. The summed E-state index contributed by atoms with van der Waals surface area (Å²) in [6.07, 6.45) is 1.33. The van der Waals surface area contributed by atoms with E-state index in [-0.39, 0.29) is 6.42 Å². The van der Waals surface area contributed by atoms with E-state index in [4.69, 9.17) is 11.6 Å². The number of rotatable bonds is 7. The molecule has 0 radical (unpaired) electrons. The number of aryl methyl sites for hydroxylation is 1. The van der Waals surface area contributed by atoms with Crippen molar-refractivity contribution in [3.8, 4) is 10.6 Å². The summed E-state index contributed by atoms with van der Waals surface area (Å²) in [4.78, 5) is 13.0. The molecule has 1 aromatic heterocycles. The van der Waals surface area contributed by atoms with Crippen molar-refractivity contribution in [3.05, 3.63) is 59.1 Å². The van der Waals surface area contributed by atoms with Gasteiger partial charge >= 0.3 is 0 Å². The fourth-order valence-electron chi connectivity index (χ4n) is 3.02. The first-order chi connectivity index (χ1) is 14.2. The highest BCUT2D eigenvalue weighted by Crippen LogP contribution is 2.30. The van der Waals surface area contributed by atoms with E-state index in [1.807, 2.05) is 30.3 Å². The number of amides is 1. The third kappa shape index (κ3) is 4.97. The zero-order valence-corrected chi connectivity index (χ0v) is 19.1. The van der Waals surface area contributed by atoms with Gasteiger partial charge in [-0.3, -0.25) is 14.4 Å². The fourth-order valence-corrected chi connectivity index (χ4v) is 5.19. The summed E-state index contributed by atoms with van der Waals surface area (Å²) in [7, 11) is -3.76. The summed E-state index contributed by atoms with van der Waals surface area (Å²) in [5.41, 5.74) is 1.95. The molecule has 3 aromatic rings. The number of carbonyl (C=O) groups is 1. The maximum Gasteiger partial charge on any atom is 0.250 e. The summed E-state index contributed by atoms with van der Waals surface area (Å²) < 4.78 is 26.4. The van der Waals surface area contributed by atoms with Gasteiger partial charge in [0.1, 0.15) is 11.0 Å². The molecule has 7 nitrogen and oxygen atoms in total. The highest BCUT2D eigenvalue weighted by atomic mass is 35.5. The molecule has 2 aromatic carbocycles. The van der Waals surface area contributed by atoms with Gasteiger partial charge in [-0.1, -0.05) is 66.3 Å². The Morgan fingerprint density at radius 1 is 1.20 bits per heavy atom. The van der Waals surface area contributed by atoms with Gasteiger partial charge in [0.25, 0.3) is 0 Å². The fraction of sp³-hybridized carbons (Fsp3) is 0.250. The molecule has 0 spiro atoms. The maximum absolute atomic E-state index is 13.0. The van der Waals surface area contributed by atoms with Gasteiger partial charge in [0, 0.05) is 10.6 Å². The standard InChI is InChI=1S/C20H21ClN4O3S2/c1-4-16(25(30(3,27)28)17-12-15(21)11-10-13(17)2)18(26)22-20-24-23-19(29-20)14-8-6-5-7-9-14/h5-12,16H,4H2,1-3H3,(H,22,24,26)/t16-/m1/s1. The molecule has 0 saturated heterocycles. The van der Waals surface area contributed by atoms with Crippen molar-refractivity contribution in [1.82, 2.24) is 10.2 Å². The number of aromatic nitrogens is 2. The highest BCUT2D eigenvalue weighted by molar-refractivity contribution is 7.92. The van der Waals surface area contributed by atoms with E-state index in [1.165, 1.54) is 11.3 Å². The van der Waals surface area contributed by atoms with Crippen LogP contribution in [0.2, 0.25) is 5.02 Å². The van der Waals surface area contributed by atoms with Crippen molar-refractivity contribution in [2.45, 2.75) is 26.3 Å². The van der Waals surface area contributed by atoms with Crippen LogP contribution in [0.15, 0.2) is 48.5 Å². The topological polar surface area (TPSA) is 92.3 Å². The Bertz CT molecular complexity index is 1150. The number of anilines is 2. The van der Waals surface area contributed by atoms with Gasteiger partial charge in [-0.25, -0.2) is 8.42 Å². The number of halogens is 1. The molecular weight excluding hydrogens is 444 g/mol. The average Bonchev–Trinajstić information content (AvgIpc) is 3.16. The molecule has 0 aliphatic heterocycles. The van der Waals surface area contributed by atoms with Gasteiger partial charge < -0.3 is 0 Å². The molecule has 30 heavy (non-hydrogen) atoms. The minimum atomic E-state index is -3.76. The lowest BCUT2D eigenvalue weighted by atomic mass is 10.1. The molecule has 1 heterocycles. The minimum Gasteiger partial charge on any atom is -0.299 e. The number of benzene rings is 2. The Morgan fingerprint density at radius 2 is 1.90 bits per heavy atom. The van der Waals surface area contributed by atoms with Gasteiger partial charge in [-0.05, 0) is 31.0 Å².